The van der Waals surface area contributed by atoms with Crippen LogP contribution < -0.4 is 5.32 Å². The minimum absolute atomic E-state index is 0.241. The largest absolute Gasteiger partial charge is 0.416 e. The zero-order valence-electron chi connectivity index (χ0n) is 11.1. The maximum atomic E-state index is 13.1. The van der Waals surface area contributed by atoms with Crippen molar-refractivity contribution < 1.29 is 13.2 Å². The first kappa shape index (κ1) is 16.5. The molecule has 0 fully saturated rings. The molecule has 0 amide bonds. The molecule has 0 aromatic heterocycles. The van der Waals surface area contributed by atoms with Gasteiger partial charge in [0.15, 0.2) is 0 Å². The summed E-state index contributed by atoms with van der Waals surface area (Å²) < 4.78 is 39.8. The van der Waals surface area contributed by atoms with Crippen LogP contribution in [0, 0.1) is 0 Å². The molecule has 1 atom stereocenters. The highest BCUT2D eigenvalue weighted by molar-refractivity contribution is 9.10. The summed E-state index contributed by atoms with van der Waals surface area (Å²) in [6.07, 6.45) is -1.88. The van der Waals surface area contributed by atoms with Crippen LogP contribution in [-0.2, 0) is 6.18 Å². The molecular formula is C14H19BrF3N. The van der Waals surface area contributed by atoms with E-state index in [-0.39, 0.29) is 6.04 Å². The molecule has 0 bridgehead atoms. The summed E-state index contributed by atoms with van der Waals surface area (Å²) in [6.45, 7) is 4.70. The minimum Gasteiger partial charge on any atom is -0.310 e. The fraction of sp³-hybridized carbons (Fsp3) is 0.571. The summed E-state index contributed by atoms with van der Waals surface area (Å²) in [5, 5.41) is 3.20. The van der Waals surface area contributed by atoms with Crippen LogP contribution in [0.1, 0.15) is 50.3 Å². The van der Waals surface area contributed by atoms with Crippen molar-refractivity contribution in [1.82, 2.24) is 5.32 Å². The summed E-state index contributed by atoms with van der Waals surface area (Å²) in [4.78, 5) is 0. The first-order valence-electron chi connectivity index (χ1n) is 6.50. The molecule has 19 heavy (non-hydrogen) atoms. The van der Waals surface area contributed by atoms with Gasteiger partial charge in [-0.2, -0.15) is 13.2 Å². The van der Waals surface area contributed by atoms with E-state index in [2.05, 4.69) is 21.2 Å². The molecular weight excluding hydrogens is 319 g/mol. The van der Waals surface area contributed by atoms with E-state index < -0.39 is 11.7 Å². The van der Waals surface area contributed by atoms with Crippen LogP contribution in [0.3, 0.4) is 0 Å². The second kappa shape index (κ2) is 7.29. The molecule has 108 valence electrons. The van der Waals surface area contributed by atoms with Crippen molar-refractivity contribution in [3.05, 3.63) is 33.8 Å². The lowest BCUT2D eigenvalue weighted by Crippen LogP contribution is -2.25. The van der Waals surface area contributed by atoms with E-state index >= 15 is 0 Å². The van der Waals surface area contributed by atoms with Gasteiger partial charge in [-0.1, -0.05) is 42.3 Å². The lowest BCUT2D eigenvalue weighted by atomic mass is 9.96. The van der Waals surface area contributed by atoms with Crippen LogP contribution in [0.5, 0.6) is 0 Å². The molecule has 0 saturated carbocycles. The van der Waals surface area contributed by atoms with E-state index in [0.29, 0.717) is 16.5 Å². The normalized spacial score (nSPS) is 13.6. The van der Waals surface area contributed by atoms with Crippen molar-refractivity contribution in [1.29, 1.82) is 0 Å². The van der Waals surface area contributed by atoms with Crippen molar-refractivity contribution in [3.8, 4) is 0 Å². The molecule has 0 aliphatic rings. The van der Waals surface area contributed by atoms with Gasteiger partial charge in [0.05, 0.1) is 5.56 Å². The Balaban J connectivity index is 3.14. The lowest BCUT2D eigenvalue weighted by Gasteiger charge is -2.23. The SMILES string of the molecule is CCCNC(CCC)c1ccc(Br)cc1C(F)(F)F. The zero-order chi connectivity index (χ0) is 14.5. The van der Waals surface area contributed by atoms with Gasteiger partial charge >= 0.3 is 6.18 Å². The van der Waals surface area contributed by atoms with E-state index in [4.69, 9.17) is 0 Å². The number of benzene rings is 1. The number of nitrogens with one attached hydrogen (secondary N) is 1. The Kier molecular flexibility index (Phi) is 6.33. The highest BCUT2D eigenvalue weighted by Gasteiger charge is 2.35. The second-order valence-electron chi connectivity index (χ2n) is 4.52. The van der Waals surface area contributed by atoms with Crippen LogP contribution in [0.15, 0.2) is 22.7 Å². The maximum Gasteiger partial charge on any atom is 0.416 e. The van der Waals surface area contributed by atoms with Gasteiger partial charge in [-0.15, -0.1) is 0 Å². The lowest BCUT2D eigenvalue weighted by molar-refractivity contribution is -0.138. The second-order valence-corrected chi connectivity index (χ2v) is 5.44. The molecule has 0 saturated heterocycles. The average Bonchev–Trinajstić information content (AvgIpc) is 2.33. The smallest absolute Gasteiger partial charge is 0.310 e. The van der Waals surface area contributed by atoms with Gasteiger partial charge in [0.25, 0.3) is 0 Å². The first-order valence-corrected chi connectivity index (χ1v) is 7.29. The summed E-state index contributed by atoms with van der Waals surface area (Å²) in [7, 11) is 0. The van der Waals surface area contributed by atoms with Gasteiger partial charge in [-0.25, -0.2) is 0 Å². The summed E-state index contributed by atoms with van der Waals surface area (Å²) in [5.41, 5.74) is -0.213. The monoisotopic (exact) mass is 337 g/mol. The molecule has 1 aromatic carbocycles. The third-order valence-electron chi connectivity index (χ3n) is 2.91. The standard InChI is InChI=1S/C14H19BrF3N/c1-3-5-13(19-8-4-2)11-7-6-10(15)9-12(11)14(16,17)18/h6-7,9,13,19H,3-5,8H2,1-2H3. The molecule has 1 aromatic rings. The fourth-order valence-corrected chi connectivity index (χ4v) is 2.41. The fourth-order valence-electron chi connectivity index (χ4n) is 2.05. The van der Waals surface area contributed by atoms with E-state index in [9.17, 15) is 13.2 Å². The number of hydrogen-bond acceptors (Lipinski definition) is 1. The van der Waals surface area contributed by atoms with E-state index in [1.807, 2.05) is 13.8 Å². The van der Waals surface area contributed by atoms with Gasteiger partial charge in [0.1, 0.15) is 0 Å². The third-order valence-corrected chi connectivity index (χ3v) is 3.41. The highest BCUT2D eigenvalue weighted by atomic mass is 79.9. The predicted molar refractivity (Wildman–Crippen MR) is 75.1 cm³/mol. The van der Waals surface area contributed by atoms with Crippen molar-refractivity contribution in [2.75, 3.05) is 6.54 Å². The van der Waals surface area contributed by atoms with E-state index in [0.717, 1.165) is 25.5 Å². The molecule has 0 spiro atoms. The Morgan fingerprint density at radius 2 is 1.89 bits per heavy atom. The first-order chi connectivity index (χ1) is 8.90. The van der Waals surface area contributed by atoms with Crippen molar-refractivity contribution >= 4 is 15.9 Å². The summed E-state index contributed by atoms with van der Waals surface area (Å²) >= 11 is 3.11. The summed E-state index contributed by atoms with van der Waals surface area (Å²) in [6, 6.07) is 4.15. The van der Waals surface area contributed by atoms with E-state index in [1.165, 1.54) is 0 Å². The maximum absolute atomic E-state index is 13.1. The van der Waals surface area contributed by atoms with Gasteiger partial charge in [0, 0.05) is 10.5 Å². The Hall–Kier alpha value is -0.550. The van der Waals surface area contributed by atoms with E-state index in [1.54, 1.807) is 12.1 Å². The molecule has 1 nitrogen and oxygen atoms in total. The molecule has 0 heterocycles. The van der Waals surface area contributed by atoms with Gasteiger partial charge in [0.2, 0.25) is 0 Å². The highest BCUT2D eigenvalue weighted by Crippen LogP contribution is 2.37. The quantitative estimate of drug-likeness (QED) is 0.741. The number of rotatable bonds is 6. The zero-order valence-corrected chi connectivity index (χ0v) is 12.7. The van der Waals surface area contributed by atoms with Crippen molar-refractivity contribution in [3.63, 3.8) is 0 Å². The van der Waals surface area contributed by atoms with Crippen LogP contribution in [-0.4, -0.2) is 6.54 Å². The van der Waals surface area contributed by atoms with Crippen LogP contribution in [0.25, 0.3) is 0 Å². The average molecular weight is 338 g/mol. The number of alkyl halides is 3. The van der Waals surface area contributed by atoms with Gasteiger partial charge in [-0.05, 0) is 37.1 Å². The third kappa shape index (κ3) is 4.80. The molecule has 1 N–H and O–H groups in total. The molecule has 0 aliphatic carbocycles. The van der Waals surface area contributed by atoms with Crippen molar-refractivity contribution in [2.24, 2.45) is 0 Å². The Morgan fingerprint density at radius 1 is 1.21 bits per heavy atom. The molecule has 0 radical (unpaired) electrons. The topological polar surface area (TPSA) is 12.0 Å². The molecule has 1 unspecified atom stereocenters. The summed E-state index contributed by atoms with van der Waals surface area (Å²) in [5.74, 6) is 0. The molecule has 1 rings (SSSR count). The Bertz CT molecular complexity index is 404. The van der Waals surface area contributed by atoms with Crippen LogP contribution in [0.4, 0.5) is 13.2 Å². The molecule has 0 aliphatic heterocycles. The van der Waals surface area contributed by atoms with Gasteiger partial charge < -0.3 is 5.32 Å². The van der Waals surface area contributed by atoms with Crippen LogP contribution in [0.2, 0.25) is 0 Å². The van der Waals surface area contributed by atoms with Crippen molar-refractivity contribution in [2.45, 2.75) is 45.3 Å². The Labute approximate surface area is 120 Å². The minimum atomic E-state index is -4.32. The number of halogens is 4. The molecule has 5 heteroatoms. The van der Waals surface area contributed by atoms with Crippen LogP contribution >= 0.6 is 15.9 Å². The number of hydrogen-bond donors (Lipinski definition) is 1. The Morgan fingerprint density at radius 3 is 2.42 bits per heavy atom. The van der Waals surface area contributed by atoms with Gasteiger partial charge in [-0.3, -0.25) is 0 Å². The predicted octanol–water partition coefficient (Wildman–Crippen LogP) is 5.31.